The van der Waals surface area contributed by atoms with Crippen LogP contribution in [0.25, 0.3) is 0 Å². The number of rotatable bonds is 5. The van der Waals surface area contributed by atoms with Gasteiger partial charge in [0.15, 0.2) is 0 Å². The molecule has 0 radical (unpaired) electrons. The molecule has 1 aliphatic heterocycles. The van der Waals surface area contributed by atoms with Crippen molar-refractivity contribution in [3.05, 3.63) is 35.9 Å². The van der Waals surface area contributed by atoms with Crippen LogP contribution in [0.2, 0.25) is 0 Å². The predicted molar refractivity (Wildman–Crippen MR) is 79.3 cm³/mol. The topological polar surface area (TPSA) is 38.5 Å². The normalized spacial score (nSPS) is 26.6. The molecule has 19 heavy (non-hydrogen) atoms. The van der Waals surface area contributed by atoms with Crippen molar-refractivity contribution in [2.75, 3.05) is 20.2 Å². The van der Waals surface area contributed by atoms with Crippen LogP contribution in [0, 0.1) is 0 Å². The van der Waals surface area contributed by atoms with Crippen LogP contribution in [0.4, 0.5) is 0 Å². The van der Waals surface area contributed by atoms with E-state index in [9.17, 15) is 0 Å². The van der Waals surface area contributed by atoms with Crippen molar-refractivity contribution >= 4 is 0 Å². The second-order valence-corrected chi connectivity index (χ2v) is 5.60. The summed E-state index contributed by atoms with van der Waals surface area (Å²) in [5.74, 6) is 0.434. The molecule has 1 saturated heterocycles. The first-order chi connectivity index (χ1) is 9.15. The van der Waals surface area contributed by atoms with Crippen molar-refractivity contribution in [3.63, 3.8) is 0 Å². The standard InChI is InChI=1S/C16H26N2O/c1-12(14-7-5-4-6-8-14)16(11-17)18(3)15-9-10-19-13(15)2/h4-8,12-13,15-16H,9-11,17H2,1-3H3. The van der Waals surface area contributed by atoms with Crippen molar-refractivity contribution in [1.29, 1.82) is 0 Å². The van der Waals surface area contributed by atoms with E-state index in [2.05, 4.69) is 56.1 Å². The van der Waals surface area contributed by atoms with Gasteiger partial charge in [0, 0.05) is 25.2 Å². The lowest BCUT2D eigenvalue weighted by Crippen LogP contribution is -2.49. The average Bonchev–Trinajstić information content (AvgIpc) is 2.86. The number of ether oxygens (including phenoxy) is 1. The van der Waals surface area contributed by atoms with E-state index in [0.29, 0.717) is 30.7 Å². The average molecular weight is 262 g/mol. The summed E-state index contributed by atoms with van der Waals surface area (Å²) in [6, 6.07) is 11.5. The lowest BCUT2D eigenvalue weighted by molar-refractivity contribution is 0.0641. The number of nitrogens with zero attached hydrogens (tertiary/aromatic N) is 1. The van der Waals surface area contributed by atoms with Gasteiger partial charge in [0.2, 0.25) is 0 Å². The van der Waals surface area contributed by atoms with Crippen molar-refractivity contribution in [1.82, 2.24) is 4.90 Å². The quantitative estimate of drug-likeness (QED) is 0.884. The van der Waals surface area contributed by atoms with Crippen LogP contribution in [0.1, 0.15) is 31.7 Å². The van der Waals surface area contributed by atoms with Gasteiger partial charge < -0.3 is 10.5 Å². The number of hydrogen-bond acceptors (Lipinski definition) is 3. The van der Waals surface area contributed by atoms with Crippen LogP contribution in [0.5, 0.6) is 0 Å². The first-order valence-corrected chi connectivity index (χ1v) is 7.23. The lowest BCUT2D eigenvalue weighted by Gasteiger charge is -2.37. The van der Waals surface area contributed by atoms with Crippen LogP contribution in [0.15, 0.2) is 30.3 Å². The molecule has 1 aliphatic rings. The smallest absolute Gasteiger partial charge is 0.0703 e. The van der Waals surface area contributed by atoms with Crippen LogP contribution < -0.4 is 5.73 Å². The van der Waals surface area contributed by atoms with Crippen molar-refractivity contribution in [3.8, 4) is 0 Å². The van der Waals surface area contributed by atoms with E-state index < -0.39 is 0 Å². The number of nitrogens with two attached hydrogens (primary N) is 1. The molecule has 0 aromatic heterocycles. The predicted octanol–water partition coefficient (Wildman–Crippen LogP) is 2.23. The Labute approximate surface area is 116 Å². The number of hydrogen-bond donors (Lipinski definition) is 1. The summed E-state index contributed by atoms with van der Waals surface area (Å²) < 4.78 is 5.68. The maximum Gasteiger partial charge on any atom is 0.0703 e. The summed E-state index contributed by atoms with van der Waals surface area (Å²) in [6.07, 6.45) is 1.41. The summed E-state index contributed by atoms with van der Waals surface area (Å²) in [4.78, 5) is 2.43. The zero-order chi connectivity index (χ0) is 13.8. The monoisotopic (exact) mass is 262 g/mol. The van der Waals surface area contributed by atoms with Gasteiger partial charge in [0.25, 0.3) is 0 Å². The SMILES string of the molecule is CC1OCCC1N(C)C(CN)C(C)c1ccccc1. The van der Waals surface area contributed by atoms with Gasteiger partial charge in [-0.3, -0.25) is 4.90 Å². The highest BCUT2D eigenvalue weighted by molar-refractivity contribution is 5.20. The minimum Gasteiger partial charge on any atom is -0.377 e. The third-order valence-electron chi connectivity index (χ3n) is 4.53. The zero-order valence-corrected chi connectivity index (χ0v) is 12.3. The maximum atomic E-state index is 6.04. The van der Waals surface area contributed by atoms with E-state index in [1.54, 1.807) is 0 Å². The Morgan fingerprint density at radius 1 is 1.37 bits per heavy atom. The third-order valence-corrected chi connectivity index (χ3v) is 4.53. The van der Waals surface area contributed by atoms with Gasteiger partial charge in [0.05, 0.1) is 6.10 Å². The second-order valence-electron chi connectivity index (χ2n) is 5.60. The van der Waals surface area contributed by atoms with Gasteiger partial charge in [-0.05, 0) is 31.9 Å². The van der Waals surface area contributed by atoms with Gasteiger partial charge in [-0.25, -0.2) is 0 Å². The Balaban J connectivity index is 2.10. The molecule has 3 heteroatoms. The minimum atomic E-state index is 0.307. The Morgan fingerprint density at radius 2 is 2.05 bits per heavy atom. The van der Waals surface area contributed by atoms with Crippen LogP contribution in [0.3, 0.4) is 0 Å². The molecule has 0 spiro atoms. The lowest BCUT2D eigenvalue weighted by atomic mass is 9.91. The van der Waals surface area contributed by atoms with Crippen molar-refractivity contribution in [2.45, 2.75) is 44.4 Å². The van der Waals surface area contributed by atoms with Gasteiger partial charge in [-0.15, -0.1) is 0 Å². The molecule has 4 atom stereocenters. The zero-order valence-electron chi connectivity index (χ0n) is 12.3. The molecule has 0 saturated carbocycles. The summed E-state index contributed by atoms with van der Waals surface area (Å²) >= 11 is 0. The summed E-state index contributed by atoms with van der Waals surface area (Å²) in [5, 5.41) is 0. The van der Waals surface area contributed by atoms with Gasteiger partial charge in [-0.2, -0.15) is 0 Å². The van der Waals surface area contributed by atoms with E-state index in [1.165, 1.54) is 5.56 Å². The highest BCUT2D eigenvalue weighted by atomic mass is 16.5. The van der Waals surface area contributed by atoms with E-state index >= 15 is 0 Å². The molecule has 1 aromatic carbocycles. The molecule has 0 bridgehead atoms. The maximum absolute atomic E-state index is 6.04. The third kappa shape index (κ3) is 3.16. The fourth-order valence-electron chi connectivity index (χ4n) is 3.20. The van der Waals surface area contributed by atoms with Gasteiger partial charge >= 0.3 is 0 Å². The molecule has 2 N–H and O–H groups in total. The Kier molecular flexibility index (Phi) is 4.97. The molecule has 0 aliphatic carbocycles. The molecule has 4 unspecified atom stereocenters. The van der Waals surface area contributed by atoms with Crippen LogP contribution in [-0.2, 0) is 4.74 Å². The Hall–Kier alpha value is -0.900. The molecule has 106 valence electrons. The number of benzene rings is 1. The van der Waals surface area contributed by atoms with Gasteiger partial charge in [0.1, 0.15) is 0 Å². The Morgan fingerprint density at radius 3 is 2.58 bits per heavy atom. The molecule has 1 fully saturated rings. The summed E-state index contributed by atoms with van der Waals surface area (Å²) in [5.41, 5.74) is 7.40. The molecular formula is C16H26N2O. The van der Waals surface area contributed by atoms with Gasteiger partial charge in [-0.1, -0.05) is 37.3 Å². The molecular weight excluding hydrogens is 236 g/mol. The molecule has 1 heterocycles. The summed E-state index contributed by atoms with van der Waals surface area (Å²) in [7, 11) is 2.19. The van der Waals surface area contributed by atoms with Crippen LogP contribution in [-0.4, -0.2) is 43.3 Å². The van der Waals surface area contributed by atoms with Crippen LogP contribution >= 0.6 is 0 Å². The molecule has 3 nitrogen and oxygen atoms in total. The van der Waals surface area contributed by atoms with Crippen molar-refractivity contribution in [2.24, 2.45) is 5.73 Å². The Bertz CT molecular complexity index is 382. The highest BCUT2D eigenvalue weighted by Gasteiger charge is 2.33. The molecule has 1 aromatic rings. The molecule has 0 amide bonds. The first kappa shape index (κ1) is 14.5. The molecule has 2 rings (SSSR count). The van der Waals surface area contributed by atoms with E-state index in [4.69, 9.17) is 10.5 Å². The largest absolute Gasteiger partial charge is 0.377 e. The van der Waals surface area contributed by atoms with E-state index in [1.807, 2.05) is 0 Å². The van der Waals surface area contributed by atoms with E-state index in [0.717, 1.165) is 13.0 Å². The summed E-state index contributed by atoms with van der Waals surface area (Å²) in [6.45, 7) is 5.97. The van der Waals surface area contributed by atoms with E-state index in [-0.39, 0.29) is 0 Å². The minimum absolute atomic E-state index is 0.307. The highest BCUT2D eigenvalue weighted by Crippen LogP contribution is 2.27. The second kappa shape index (κ2) is 6.51. The first-order valence-electron chi connectivity index (χ1n) is 7.23. The van der Waals surface area contributed by atoms with Crippen molar-refractivity contribution < 1.29 is 4.74 Å². The fraction of sp³-hybridized carbons (Fsp3) is 0.625. The fourth-order valence-corrected chi connectivity index (χ4v) is 3.20. The number of likely N-dealkylation sites (N-methyl/N-ethyl adjacent to an activating group) is 1.